The number of hydrogen-bond acceptors (Lipinski definition) is 4. The van der Waals surface area contributed by atoms with Gasteiger partial charge in [0.1, 0.15) is 11.6 Å². The average Bonchev–Trinajstić information content (AvgIpc) is 3.60. The fourth-order valence-electron chi connectivity index (χ4n) is 5.67. The quantitative estimate of drug-likeness (QED) is 0.160. The number of anilines is 1. The zero-order chi connectivity index (χ0) is 29.7. The van der Waals surface area contributed by atoms with Gasteiger partial charge in [-0.05, 0) is 65.9 Å². The van der Waals surface area contributed by atoms with Crippen molar-refractivity contribution in [2.75, 3.05) is 19.0 Å². The maximum Gasteiger partial charge on any atom is 2.00 e. The number of pyridine rings is 1. The number of para-hydroxylation sites is 1. The largest absolute Gasteiger partial charge is 2.00 e. The van der Waals surface area contributed by atoms with Gasteiger partial charge in [-0.1, -0.05) is 23.7 Å². The molecular weight excluding hydrogens is 733 g/mol. The minimum atomic E-state index is -0.354. The summed E-state index contributed by atoms with van der Waals surface area (Å²) >= 11 is 0. The van der Waals surface area contributed by atoms with Gasteiger partial charge in [0.25, 0.3) is 0 Å². The maximum atomic E-state index is 14.2. The number of hydrogen-bond donors (Lipinski definition) is 0. The van der Waals surface area contributed by atoms with E-state index in [0.717, 1.165) is 33.1 Å². The second-order valence-electron chi connectivity index (χ2n) is 10.8. The third kappa shape index (κ3) is 5.29. The number of rotatable bonds is 6. The number of nitrogens with zero attached hydrogens (tertiary/aromatic N) is 5. The van der Waals surface area contributed by atoms with Crippen LogP contribution in [0.5, 0.6) is 11.5 Å². The van der Waals surface area contributed by atoms with E-state index in [9.17, 15) is 4.39 Å². The monoisotopic (exact) mass is 760 g/mol. The van der Waals surface area contributed by atoms with Gasteiger partial charge in [0.05, 0.1) is 6.20 Å². The molecule has 0 aliphatic rings. The summed E-state index contributed by atoms with van der Waals surface area (Å²) in [6.07, 6.45) is 5.37. The zero-order valence-corrected chi connectivity index (χ0v) is 26.8. The molecule has 0 fully saturated rings. The predicted octanol–water partition coefficient (Wildman–Crippen LogP) is 8.24. The van der Waals surface area contributed by atoms with Crippen LogP contribution in [0.1, 0.15) is 11.1 Å². The summed E-state index contributed by atoms with van der Waals surface area (Å²) in [6, 6.07) is 31.4. The third-order valence-corrected chi connectivity index (χ3v) is 7.62. The van der Waals surface area contributed by atoms with Crippen molar-refractivity contribution >= 4 is 27.5 Å². The molecule has 0 N–H and O–H groups in total. The molecule has 6 nitrogen and oxygen atoms in total. The summed E-state index contributed by atoms with van der Waals surface area (Å²) in [5.74, 6) is 1.16. The van der Waals surface area contributed by atoms with Crippen molar-refractivity contribution < 1.29 is 30.2 Å². The molecule has 3 heterocycles. The normalized spacial score (nSPS) is 11.1. The number of halogens is 1. The molecule has 0 saturated carbocycles. The van der Waals surface area contributed by atoms with E-state index in [1.807, 2.05) is 85.7 Å². The Morgan fingerprint density at radius 1 is 0.841 bits per heavy atom. The molecule has 0 spiro atoms. The van der Waals surface area contributed by atoms with E-state index < -0.39 is 0 Å². The van der Waals surface area contributed by atoms with Gasteiger partial charge in [0.2, 0.25) is 0 Å². The van der Waals surface area contributed by atoms with E-state index in [4.69, 9.17) is 4.74 Å². The molecule has 8 heteroatoms. The van der Waals surface area contributed by atoms with Gasteiger partial charge in [-0.3, -0.25) is 4.68 Å². The standard InChI is InChI=1S/C36H28FN5O.Pt/c1-23-16-28(40(3)4)17-24(2)36(23)25-21-39-41(22-25)27-8-7-9-29(19-27)43-30-12-13-32-31-10-5-6-11-33(31)42(34(32)20-30)35-18-26(37)14-15-38-35;/h5-18,21-22H,1-4H3;/q-2;+2. The molecule has 0 atom stereocenters. The molecule has 44 heavy (non-hydrogen) atoms. The molecule has 0 aliphatic carbocycles. The van der Waals surface area contributed by atoms with Crippen molar-refractivity contribution in [3.63, 3.8) is 0 Å². The Labute approximate surface area is 269 Å². The van der Waals surface area contributed by atoms with Gasteiger partial charge in [-0.15, -0.1) is 35.7 Å². The summed E-state index contributed by atoms with van der Waals surface area (Å²) in [5.41, 5.74) is 8.19. The SMILES string of the molecule is Cc1cc(N(C)C)cc(C)c1-c1cnn(-c2[c-]c(Oc3[c-]c4c(cc3)c3ccccc3n4-c3cc(F)ccn3)ccc2)c1.[Pt+2]. The zero-order valence-electron chi connectivity index (χ0n) is 24.6. The topological polar surface area (TPSA) is 48.1 Å². The number of aryl methyl sites for hydroxylation is 2. The van der Waals surface area contributed by atoms with Crippen LogP contribution < -0.4 is 9.64 Å². The van der Waals surface area contributed by atoms with Crippen LogP contribution in [0.3, 0.4) is 0 Å². The van der Waals surface area contributed by atoms with E-state index in [-0.39, 0.29) is 26.9 Å². The van der Waals surface area contributed by atoms with E-state index in [1.54, 1.807) is 4.68 Å². The minimum absolute atomic E-state index is 0. The predicted molar refractivity (Wildman–Crippen MR) is 169 cm³/mol. The van der Waals surface area contributed by atoms with Crippen molar-refractivity contribution in [3.8, 4) is 34.1 Å². The van der Waals surface area contributed by atoms with Crippen molar-refractivity contribution in [2.24, 2.45) is 0 Å². The van der Waals surface area contributed by atoms with Gasteiger partial charge in [-0.2, -0.15) is 17.2 Å². The smallest absolute Gasteiger partial charge is 0.509 e. The molecule has 7 aromatic rings. The van der Waals surface area contributed by atoms with E-state index in [0.29, 0.717) is 17.3 Å². The van der Waals surface area contributed by atoms with Gasteiger partial charge in [0, 0.05) is 60.8 Å². The third-order valence-electron chi connectivity index (χ3n) is 7.62. The first kappa shape index (κ1) is 29.3. The van der Waals surface area contributed by atoms with Crippen LogP contribution in [-0.4, -0.2) is 33.4 Å². The first-order chi connectivity index (χ1) is 20.9. The molecular formula is C36H28FN5OPt. The van der Waals surface area contributed by atoms with Crippen LogP contribution in [0.2, 0.25) is 0 Å². The molecule has 220 valence electrons. The van der Waals surface area contributed by atoms with Crippen molar-refractivity contribution in [1.82, 2.24) is 19.3 Å². The summed E-state index contributed by atoms with van der Waals surface area (Å²) in [7, 11) is 4.10. The van der Waals surface area contributed by atoms with Crippen molar-refractivity contribution in [3.05, 3.63) is 127 Å². The van der Waals surface area contributed by atoms with Gasteiger partial charge in [0.15, 0.2) is 0 Å². The molecule has 4 aromatic carbocycles. The van der Waals surface area contributed by atoms with E-state index in [1.165, 1.54) is 40.7 Å². The molecule has 0 aliphatic heterocycles. The number of aromatic nitrogens is 4. The Morgan fingerprint density at radius 3 is 2.39 bits per heavy atom. The Hall–Kier alpha value is -4.74. The fraction of sp³-hybridized carbons (Fsp3) is 0.111. The Balaban J connectivity index is 0.00000343. The first-order valence-corrected chi connectivity index (χ1v) is 14.0. The van der Waals surface area contributed by atoms with Crippen LogP contribution in [0.15, 0.2) is 97.5 Å². The maximum absolute atomic E-state index is 14.2. The molecule has 7 rings (SSSR count). The Morgan fingerprint density at radius 2 is 1.61 bits per heavy atom. The van der Waals surface area contributed by atoms with Gasteiger partial charge in [-0.25, -0.2) is 9.37 Å². The molecule has 0 radical (unpaired) electrons. The van der Waals surface area contributed by atoms with E-state index >= 15 is 0 Å². The second-order valence-corrected chi connectivity index (χ2v) is 10.8. The summed E-state index contributed by atoms with van der Waals surface area (Å²) in [6.45, 7) is 4.26. The van der Waals surface area contributed by atoms with Crippen LogP contribution in [-0.2, 0) is 21.1 Å². The number of fused-ring (bicyclic) bond motifs is 3. The van der Waals surface area contributed by atoms with Crippen LogP contribution in [0, 0.1) is 31.8 Å². The average molecular weight is 761 g/mol. The molecule has 3 aromatic heterocycles. The number of ether oxygens (including phenoxy) is 1. The molecule has 0 unspecified atom stereocenters. The summed E-state index contributed by atoms with van der Waals surface area (Å²) in [4.78, 5) is 6.54. The van der Waals surface area contributed by atoms with Crippen LogP contribution in [0.25, 0.3) is 44.4 Å². The minimum Gasteiger partial charge on any atom is -0.509 e. The van der Waals surface area contributed by atoms with Gasteiger partial charge < -0.3 is 14.2 Å². The molecule has 0 saturated heterocycles. The molecule has 0 amide bonds. The van der Waals surface area contributed by atoms with Crippen LogP contribution in [0.4, 0.5) is 10.1 Å². The van der Waals surface area contributed by atoms with Crippen LogP contribution >= 0.6 is 0 Å². The summed E-state index contributed by atoms with van der Waals surface area (Å²) < 4.78 is 24.2. The first-order valence-electron chi connectivity index (χ1n) is 14.0. The summed E-state index contributed by atoms with van der Waals surface area (Å²) in [5, 5.41) is 6.64. The number of benzene rings is 4. The second kappa shape index (κ2) is 11.7. The van der Waals surface area contributed by atoms with Gasteiger partial charge >= 0.3 is 21.1 Å². The Bertz CT molecular complexity index is 2130. The van der Waals surface area contributed by atoms with E-state index in [2.05, 4.69) is 53.1 Å². The van der Waals surface area contributed by atoms with Crippen molar-refractivity contribution in [2.45, 2.75) is 13.8 Å². The fourth-order valence-corrected chi connectivity index (χ4v) is 5.67. The van der Waals surface area contributed by atoms with Crippen molar-refractivity contribution in [1.29, 1.82) is 0 Å². The molecule has 0 bridgehead atoms. The Kier molecular flexibility index (Phi) is 7.83.